The van der Waals surface area contributed by atoms with Crippen molar-refractivity contribution in [2.24, 2.45) is 0 Å². The van der Waals surface area contributed by atoms with Gasteiger partial charge in [0.15, 0.2) is 11.0 Å². The van der Waals surface area contributed by atoms with Crippen molar-refractivity contribution < 1.29 is 9.69 Å². The molecule has 1 fully saturated rings. The van der Waals surface area contributed by atoms with Gasteiger partial charge in [0, 0.05) is 12.5 Å². The maximum atomic E-state index is 12.8. The van der Waals surface area contributed by atoms with Crippen molar-refractivity contribution in [1.82, 2.24) is 20.1 Å². The van der Waals surface area contributed by atoms with Gasteiger partial charge in [0.2, 0.25) is 5.91 Å². The van der Waals surface area contributed by atoms with Crippen LogP contribution in [0.2, 0.25) is 0 Å². The maximum absolute atomic E-state index is 12.8. The molecule has 7 heteroatoms. The number of nitrogens with zero attached hydrogens (tertiary/aromatic N) is 3. The first-order valence-corrected chi connectivity index (χ1v) is 12.1. The van der Waals surface area contributed by atoms with Crippen LogP contribution in [0.4, 0.5) is 0 Å². The van der Waals surface area contributed by atoms with Crippen LogP contribution in [0, 0.1) is 0 Å². The number of carbonyl (C=O) groups excluding carboxylic acids is 1. The molecule has 164 valence electrons. The van der Waals surface area contributed by atoms with Crippen LogP contribution < -0.4 is 10.2 Å². The predicted molar refractivity (Wildman–Crippen MR) is 122 cm³/mol. The van der Waals surface area contributed by atoms with E-state index in [9.17, 15) is 4.79 Å². The van der Waals surface area contributed by atoms with Gasteiger partial charge in [-0.3, -0.25) is 9.36 Å². The molecule has 2 aromatic rings. The van der Waals surface area contributed by atoms with Crippen LogP contribution in [0.5, 0.6) is 0 Å². The van der Waals surface area contributed by atoms with Crippen LogP contribution in [-0.4, -0.2) is 46.1 Å². The number of aromatic nitrogens is 3. The summed E-state index contributed by atoms with van der Waals surface area (Å²) < 4.78 is 2.20. The van der Waals surface area contributed by atoms with Gasteiger partial charge in [-0.2, -0.15) is 0 Å². The first-order valence-electron chi connectivity index (χ1n) is 11.2. The minimum atomic E-state index is -0.203. The first kappa shape index (κ1) is 22.8. The number of thioether (sulfide) groups is 1. The second kappa shape index (κ2) is 11.0. The monoisotopic (exact) mass is 430 g/mol. The van der Waals surface area contributed by atoms with Gasteiger partial charge in [-0.25, -0.2) is 0 Å². The molecule has 0 aliphatic heterocycles. The number of rotatable bonds is 9. The molecular weight excluding hydrogens is 394 g/mol. The van der Waals surface area contributed by atoms with Crippen LogP contribution in [0.1, 0.15) is 69.8 Å². The zero-order valence-corrected chi connectivity index (χ0v) is 19.5. The third-order valence-corrected chi connectivity index (χ3v) is 7.03. The average Bonchev–Trinajstić information content (AvgIpc) is 3.11. The third-order valence-electron chi connectivity index (χ3n) is 5.95. The molecule has 1 heterocycles. The number of hydrogen-bond acceptors (Lipinski definition) is 4. The van der Waals surface area contributed by atoms with Gasteiger partial charge in [0.25, 0.3) is 0 Å². The maximum Gasteiger partial charge on any atom is 0.233 e. The zero-order valence-electron chi connectivity index (χ0n) is 18.7. The van der Waals surface area contributed by atoms with E-state index in [2.05, 4.69) is 65.4 Å². The largest absolute Gasteiger partial charge is 0.352 e. The van der Waals surface area contributed by atoms with Crippen molar-refractivity contribution in [1.29, 1.82) is 0 Å². The lowest BCUT2D eigenvalue weighted by Gasteiger charge is -2.24. The third kappa shape index (κ3) is 5.85. The molecule has 6 nitrogen and oxygen atoms in total. The standard InChI is InChI=1S/C23H35N5OS/c1-5-20(27(3)4)21-25-26-23(28(21)16-18-12-8-6-9-13-18)30-17(2)22(29)24-19-14-10-7-11-15-19/h6,8-9,12-13,17,19-20H,5,7,10-11,14-16H2,1-4H3,(H,24,29)/p+1/t17-,20-/m0/s1. The molecule has 1 aromatic carbocycles. The minimum absolute atomic E-state index is 0.105. The highest BCUT2D eigenvalue weighted by Crippen LogP contribution is 2.26. The number of carbonyl (C=O) groups is 1. The SMILES string of the molecule is CC[C@@H](c1nnc(S[C@@H](C)C(=O)NC2CCCCC2)n1Cc1ccccc1)[NH+](C)C. The van der Waals surface area contributed by atoms with Crippen molar-refractivity contribution >= 4 is 17.7 Å². The van der Waals surface area contributed by atoms with Gasteiger partial charge >= 0.3 is 0 Å². The molecule has 0 unspecified atom stereocenters. The van der Waals surface area contributed by atoms with Crippen LogP contribution in [0.25, 0.3) is 0 Å². The molecule has 1 amide bonds. The quantitative estimate of drug-likeness (QED) is 0.601. The molecule has 1 aliphatic carbocycles. The Morgan fingerprint density at radius 1 is 1.20 bits per heavy atom. The first-order chi connectivity index (χ1) is 14.5. The van der Waals surface area contributed by atoms with E-state index in [1.54, 1.807) is 0 Å². The van der Waals surface area contributed by atoms with E-state index in [-0.39, 0.29) is 17.2 Å². The lowest BCUT2D eigenvalue weighted by molar-refractivity contribution is -0.893. The van der Waals surface area contributed by atoms with Crippen LogP contribution >= 0.6 is 11.8 Å². The topological polar surface area (TPSA) is 64.2 Å². The van der Waals surface area contributed by atoms with E-state index in [0.29, 0.717) is 12.6 Å². The predicted octanol–water partition coefficient (Wildman–Crippen LogP) is 2.85. The van der Waals surface area contributed by atoms with Crippen LogP contribution in [-0.2, 0) is 11.3 Å². The fraction of sp³-hybridized carbons (Fsp3) is 0.609. The van der Waals surface area contributed by atoms with Crippen LogP contribution in [0.15, 0.2) is 35.5 Å². The van der Waals surface area contributed by atoms with Gasteiger partial charge in [0.05, 0.1) is 25.9 Å². The molecule has 0 bridgehead atoms. The molecule has 1 saturated carbocycles. The van der Waals surface area contributed by atoms with Gasteiger partial charge in [-0.05, 0) is 25.3 Å². The summed E-state index contributed by atoms with van der Waals surface area (Å²) in [6.07, 6.45) is 6.90. The van der Waals surface area contributed by atoms with Gasteiger partial charge in [-0.15, -0.1) is 10.2 Å². The molecule has 2 atom stereocenters. The van der Waals surface area contributed by atoms with E-state index < -0.39 is 0 Å². The summed E-state index contributed by atoms with van der Waals surface area (Å²) in [5.41, 5.74) is 1.21. The molecule has 1 aliphatic rings. The smallest absolute Gasteiger partial charge is 0.233 e. The highest BCUT2D eigenvalue weighted by Gasteiger charge is 2.27. The fourth-order valence-electron chi connectivity index (χ4n) is 4.19. The molecule has 3 rings (SSSR count). The molecule has 2 N–H and O–H groups in total. The summed E-state index contributed by atoms with van der Waals surface area (Å²) in [6, 6.07) is 11.0. The highest BCUT2D eigenvalue weighted by molar-refractivity contribution is 8.00. The Morgan fingerprint density at radius 3 is 2.53 bits per heavy atom. The Bertz CT molecular complexity index is 801. The average molecular weight is 431 g/mol. The zero-order chi connectivity index (χ0) is 21.5. The second-order valence-corrected chi connectivity index (χ2v) is 9.86. The van der Waals surface area contributed by atoms with Gasteiger partial charge in [0.1, 0.15) is 6.04 Å². The summed E-state index contributed by atoms with van der Waals surface area (Å²) >= 11 is 1.51. The number of benzene rings is 1. The minimum Gasteiger partial charge on any atom is -0.352 e. The normalized spacial score (nSPS) is 17.1. The van der Waals surface area contributed by atoms with Crippen molar-refractivity contribution in [2.75, 3.05) is 14.1 Å². The lowest BCUT2D eigenvalue weighted by Crippen LogP contribution is -3.06. The molecule has 0 radical (unpaired) electrons. The van der Waals surface area contributed by atoms with E-state index in [1.807, 2.05) is 13.0 Å². The summed E-state index contributed by atoms with van der Waals surface area (Å²) in [6.45, 7) is 4.87. The van der Waals surface area contributed by atoms with E-state index in [0.717, 1.165) is 30.2 Å². The molecule has 30 heavy (non-hydrogen) atoms. The Hall–Kier alpha value is -1.86. The molecule has 1 aromatic heterocycles. The fourth-order valence-corrected chi connectivity index (χ4v) is 5.05. The number of amides is 1. The lowest BCUT2D eigenvalue weighted by atomic mass is 9.95. The van der Waals surface area contributed by atoms with Gasteiger partial charge < -0.3 is 10.2 Å². The van der Waals surface area contributed by atoms with Crippen molar-refractivity contribution in [3.63, 3.8) is 0 Å². The summed E-state index contributed by atoms with van der Waals surface area (Å²) in [5.74, 6) is 1.09. The molecule has 0 saturated heterocycles. The van der Waals surface area contributed by atoms with Gasteiger partial charge in [-0.1, -0.05) is 68.3 Å². The summed E-state index contributed by atoms with van der Waals surface area (Å²) in [5, 5.41) is 12.9. The Morgan fingerprint density at radius 2 is 1.90 bits per heavy atom. The van der Waals surface area contributed by atoms with E-state index in [4.69, 9.17) is 0 Å². The van der Waals surface area contributed by atoms with Crippen molar-refractivity contribution in [3.05, 3.63) is 41.7 Å². The molecule has 0 spiro atoms. The Kier molecular flexibility index (Phi) is 8.33. The highest BCUT2D eigenvalue weighted by atomic mass is 32.2. The summed E-state index contributed by atoms with van der Waals surface area (Å²) in [7, 11) is 4.31. The number of nitrogens with one attached hydrogen (secondary N) is 2. The summed E-state index contributed by atoms with van der Waals surface area (Å²) in [4.78, 5) is 14.1. The number of quaternary nitrogens is 1. The Balaban J connectivity index is 1.78. The van der Waals surface area contributed by atoms with Crippen molar-refractivity contribution in [2.45, 2.75) is 81.4 Å². The second-order valence-electron chi connectivity index (χ2n) is 8.55. The van der Waals surface area contributed by atoms with E-state index in [1.165, 1.54) is 41.5 Å². The Labute approximate surface area is 184 Å². The van der Waals surface area contributed by atoms with Crippen molar-refractivity contribution in [3.8, 4) is 0 Å². The van der Waals surface area contributed by atoms with E-state index >= 15 is 0 Å². The van der Waals surface area contributed by atoms with Crippen LogP contribution in [0.3, 0.4) is 0 Å². The molecular formula is C23H36N5OS+. The number of hydrogen-bond donors (Lipinski definition) is 2.